The first kappa shape index (κ1) is 14.6. The fraction of sp³-hybridized carbons (Fsp3) is 0.923. The van der Waals surface area contributed by atoms with Gasteiger partial charge in [-0.15, -0.1) is 0 Å². The van der Waals surface area contributed by atoms with E-state index in [0.717, 1.165) is 12.8 Å². The van der Waals surface area contributed by atoms with Crippen LogP contribution >= 0.6 is 0 Å². The fourth-order valence-corrected chi connectivity index (χ4v) is 1.90. The van der Waals surface area contributed by atoms with Crippen LogP contribution in [0.5, 0.6) is 0 Å². The van der Waals surface area contributed by atoms with Crippen molar-refractivity contribution in [2.75, 3.05) is 6.61 Å². The molecule has 0 bridgehead atoms. The van der Waals surface area contributed by atoms with Gasteiger partial charge in [0.15, 0.2) is 5.78 Å². The third-order valence-corrected chi connectivity index (χ3v) is 3.00. The van der Waals surface area contributed by atoms with Gasteiger partial charge < -0.3 is 4.74 Å². The van der Waals surface area contributed by atoms with Crippen molar-refractivity contribution in [2.24, 2.45) is 11.8 Å². The molecule has 0 aliphatic carbocycles. The van der Waals surface area contributed by atoms with Crippen molar-refractivity contribution in [3.8, 4) is 0 Å². The molecule has 0 saturated heterocycles. The normalized spacial score (nSPS) is 16.1. The number of ether oxygens (including phenoxy) is 1. The maximum absolute atomic E-state index is 12.1. The lowest BCUT2D eigenvalue weighted by Crippen LogP contribution is -2.39. The molecule has 2 nitrogen and oxygen atoms in total. The molecule has 0 N–H and O–H groups in total. The highest BCUT2D eigenvalue weighted by Crippen LogP contribution is 2.22. The van der Waals surface area contributed by atoms with Crippen molar-refractivity contribution in [3.63, 3.8) is 0 Å². The Morgan fingerprint density at radius 2 is 1.80 bits per heavy atom. The second-order valence-electron chi connectivity index (χ2n) is 4.96. The van der Waals surface area contributed by atoms with Crippen LogP contribution in [0.2, 0.25) is 0 Å². The number of carbonyl (C=O) groups excluding carboxylic acids is 1. The Kier molecular flexibility index (Phi) is 6.11. The zero-order valence-electron chi connectivity index (χ0n) is 11.1. The second-order valence-corrected chi connectivity index (χ2v) is 4.96. The molecule has 0 heterocycles. The molecule has 0 aliphatic rings. The second kappa shape index (κ2) is 6.26. The van der Waals surface area contributed by atoms with Crippen LogP contribution in [-0.2, 0) is 9.53 Å². The molecule has 0 fully saturated rings. The molecular formula is C13H26O2. The first-order chi connectivity index (χ1) is 6.85. The molecule has 0 spiro atoms. The monoisotopic (exact) mass is 214 g/mol. The molecule has 0 aromatic carbocycles. The molecule has 2 unspecified atom stereocenters. The lowest BCUT2D eigenvalue weighted by molar-refractivity contribution is -0.144. The minimum Gasteiger partial charge on any atom is -0.368 e. The first-order valence-electron chi connectivity index (χ1n) is 6.03. The Morgan fingerprint density at radius 3 is 2.20 bits per heavy atom. The molecular weight excluding hydrogens is 188 g/mol. The van der Waals surface area contributed by atoms with Crippen LogP contribution in [0.3, 0.4) is 0 Å². The van der Waals surface area contributed by atoms with Crippen LogP contribution in [-0.4, -0.2) is 18.0 Å². The van der Waals surface area contributed by atoms with Gasteiger partial charge in [0, 0.05) is 12.5 Å². The highest BCUT2D eigenvalue weighted by molar-refractivity contribution is 5.88. The van der Waals surface area contributed by atoms with Gasteiger partial charge in [0.2, 0.25) is 0 Å². The number of ketones is 1. The largest absolute Gasteiger partial charge is 0.368 e. The molecule has 0 radical (unpaired) electrons. The molecule has 0 aliphatic heterocycles. The van der Waals surface area contributed by atoms with Crippen LogP contribution in [0.15, 0.2) is 0 Å². The van der Waals surface area contributed by atoms with E-state index in [4.69, 9.17) is 4.74 Å². The quantitative estimate of drug-likeness (QED) is 0.649. The van der Waals surface area contributed by atoms with E-state index >= 15 is 0 Å². The summed E-state index contributed by atoms with van der Waals surface area (Å²) in [5.41, 5.74) is -0.623. The molecule has 90 valence electrons. The molecule has 0 aromatic rings. The predicted molar refractivity (Wildman–Crippen MR) is 63.9 cm³/mol. The van der Waals surface area contributed by atoms with Gasteiger partial charge >= 0.3 is 0 Å². The third kappa shape index (κ3) is 4.78. The number of hydrogen-bond acceptors (Lipinski definition) is 2. The van der Waals surface area contributed by atoms with E-state index in [1.54, 1.807) is 0 Å². The number of Topliss-reactive ketones (excluding diaryl/α,β-unsaturated/α-hetero) is 1. The Labute approximate surface area is 94.4 Å². The van der Waals surface area contributed by atoms with Gasteiger partial charge in [0.25, 0.3) is 0 Å². The zero-order chi connectivity index (χ0) is 12.1. The van der Waals surface area contributed by atoms with Crippen molar-refractivity contribution < 1.29 is 9.53 Å². The van der Waals surface area contributed by atoms with Gasteiger partial charge in [-0.2, -0.15) is 0 Å². The molecule has 0 rings (SSSR count). The Hall–Kier alpha value is -0.370. The summed E-state index contributed by atoms with van der Waals surface area (Å²) < 4.78 is 5.48. The molecule has 15 heavy (non-hydrogen) atoms. The van der Waals surface area contributed by atoms with Gasteiger partial charge in [-0.05, 0) is 33.1 Å². The van der Waals surface area contributed by atoms with Crippen LogP contribution in [0.1, 0.15) is 54.4 Å². The van der Waals surface area contributed by atoms with Crippen molar-refractivity contribution >= 4 is 5.78 Å². The highest BCUT2D eigenvalue weighted by atomic mass is 16.5. The molecule has 2 atom stereocenters. The van der Waals surface area contributed by atoms with Gasteiger partial charge in [-0.1, -0.05) is 27.2 Å². The van der Waals surface area contributed by atoms with E-state index in [2.05, 4.69) is 13.8 Å². The maximum atomic E-state index is 12.1. The Morgan fingerprint density at radius 1 is 1.27 bits per heavy atom. The van der Waals surface area contributed by atoms with Gasteiger partial charge in [-0.3, -0.25) is 4.79 Å². The van der Waals surface area contributed by atoms with E-state index < -0.39 is 5.60 Å². The topological polar surface area (TPSA) is 26.3 Å². The smallest absolute Gasteiger partial charge is 0.166 e. The van der Waals surface area contributed by atoms with E-state index in [9.17, 15) is 4.79 Å². The van der Waals surface area contributed by atoms with Crippen LogP contribution in [0.4, 0.5) is 0 Å². The SMILES string of the molecule is CCOC(C)(C)C(=O)C(C)CC(C)CC. The Balaban J connectivity index is 4.30. The van der Waals surface area contributed by atoms with Gasteiger partial charge in [0.1, 0.15) is 5.60 Å². The van der Waals surface area contributed by atoms with Crippen molar-refractivity contribution in [3.05, 3.63) is 0 Å². The molecule has 0 aromatic heterocycles. The van der Waals surface area contributed by atoms with Crippen LogP contribution in [0, 0.1) is 11.8 Å². The van der Waals surface area contributed by atoms with E-state index in [1.165, 1.54) is 0 Å². The van der Waals surface area contributed by atoms with Crippen molar-refractivity contribution in [1.29, 1.82) is 0 Å². The number of carbonyl (C=O) groups is 1. The van der Waals surface area contributed by atoms with E-state index in [0.29, 0.717) is 12.5 Å². The summed E-state index contributed by atoms with van der Waals surface area (Å²) in [6.45, 7) is 12.6. The summed E-state index contributed by atoms with van der Waals surface area (Å²) in [4.78, 5) is 12.1. The lowest BCUT2D eigenvalue weighted by Gasteiger charge is -2.27. The van der Waals surface area contributed by atoms with E-state index in [1.807, 2.05) is 27.7 Å². The first-order valence-corrected chi connectivity index (χ1v) is 6.03. The predicted octanol–water partition coefficient (Wildman–Crippen LogP) is 3.44. The summed E-state index contributed by atoms with van der Waals surface area (Å²) in [5.74, 6) is 0.938. The van der Waals surface area contributed by atoms with Crippen LogP contribution < -0.4 is 0 Å². The zero-order valence-corrected chi connectivity index (χ0v) is 11.1. The lowest BCUT2D eigenvalue weighted by atomic mass is 9.86. The third-order valence-electron chi connectivity index (χ3n) is 3.00. The summed E-state index contributed by atoms with van der Waals surface area (Å²) in [6.07, 6.45) is 2.10. The fourth-order valence-electron chi connectivity index (χ4n) is 1.90. The summed E-state index contributed by atoms with van der Waals surface area (Å²) in [6, 6.07) is 0. The molecule has 0 saturated carbocycles. The van der Waals surface area contributed by atoms with Gasteiger partial charge in [-0.25, -0.2) is 0 Å². The molecule has 2 heteroatoms. The minimum atomic E-state index is -0.623. The highest BCUT2D eigenvalue weighted by Gasteiger charge is 2.32. The molecule has 0 amide bonds. The van der Waals surface area contributed by atoms with Crippen molar-refractivity contribution in [2.45, 2.75) is 60.0 Å². The summed E-state index contributed by atoms with van der Waals surface area (Å²) in [7, 11) is 0. The van der Waals surface area contributed by atoms with E-state index in [-0.39, 0.29) is 11.7 Å². The van der Waals surface area contributed by atoms with Crippen molar-refractivity contribution in [1.82, 2.24) is 0 Å². The van der Waals surface area contributed by atoms with Crippen LogP contribution in [0.25, 0.3) is 0 Å². The standard InChI is InChI=1S/C13H26O2/c1-7-10(3)9-11(4)12(14)13(5,6)15-8-2/h10-11H,7-9H2,1-6H3. The number of rotatable bonds is 7. The van der Waals surface area contributed by atoms with Gasteiger partial charge in [0.05, 0.1) is 0 Å². The minimum absolute atomic E-state index is 0.0986. The number of hydrogen-bond donors (Lipinski definition) is 0. The maximum Gasteiger partial charge on any atom is 0.166 e. The average molecular weight is 214 g/mol. The summed E-state index contributed by atoms with van der Waals surface area (Å²) >= 11 is 0. The summed E-state index contributed by atoms with van der Waals surface area (Å²) in [5, 5.41) is 0. The Bertz CT molecular complexity index is 197. The average Bonchev–Trinajstić information content (AvgIpc) is 2.16.